The number of aromatic amines is 1. The number of rotatable bonds is 3. The number of nitrogens with one attached hydrogen (secondary N) is 1. The molecule has 1 heterocycles. The van der Waals surface area contributed by atoms with E-state index in [9.17, 15) is 4.79 Å². The van der Waals surface area contributed by atoms with Gasteiger partial charge in [-0.3, -0.25) is 4.79 Å². The fourth-order valence-corrected chi connectivity index (χ4v) is 1.96. The van der Waals surface area contributed by atoms with Crippen LogP contribution in [0, 0.1) is 6.92 Å². The van der Waals surface area contributed by atoms with Crippen molar-refractivity contribution in [2.24, 2.45) is 0 Å². The first-order valence-corrected chi connectivity index (χ1v) is 6.35. The first kappa shape index (κ1) is 13.6. The molecule has 0 spiro atoms. The Bertz CT molecular complexity index is 667. The van der Waals surface area contributed by atoms with E-state index in [1.54, 1.807) is 27.2 Å². The summed E-state index contributed by atoms with van der Waals surface area (Å²) < 4.78 is 11.0. The quantitative estimate of drug-likeness (QED) is 0.942. The van der Waals surface area contributed by atoms with Gasteiger partial charge in [0, 0.05) is 0 Å². The van der Waals surface area contributed by atoms with Crippen LogP contribution in [0.2, 0.25) is 0 Å². The van der Waals surface area contributed by atoms with Gasteiger partial charge in [-0.2, -0.15) is 0 Å². The van der Waals surface area contributed by atoms with Crippen molar-refractivity contribution in [2.45, 2.75) is 6.92 Å². The van der Waals surface area contributed by atoms with Gasteiger partial charge in [0.2, 0.25) is 0 Å². The standard InChI is InChI=1S/C13H13BrN2O3/c1-7-10(14)13(17)16-12(15-7)8-5-4-6-9(18-2)11(8)19-3/h4-6H,1-3H3,(H,15,16,17). The maximum Gasteiger partial charge on any atom is 0.265 e. The van der Waals surface area contributed by atoms with E-state index in [4.69, 9.17) is 9.47 Å². The molecule has 2 aromatic rings. The van der Waals surface area contributed by atoms with Crippen LogP contribution >= 0.6 is 15.9 Å². The molecule has 1 N–H and O–H groups in total. The molecule has 0 aliphatic carbocycles. The van der Waals surface area contributed by atoms with Crippen LogP contribution in [0.3, 0.4) is 0 Å². The van der Waals surface area contributed by atoms with Gasteiger partial charge in [0.15, 0.2) is 11.5 Å². The molecular formula is C13H13BrN2O3. The van der Waals surface area contributed by atoms with Gasteiger partial charge >= 0.3 is 0 Å². The van der Waals surface area contributed by atoms with Crippen molar-refractivity contribution in [3.8, 4) is 22.9 Å². The van der Waals surface area contributed by atoms with E-state index in [1.165, 1.54) is 0 Å². The second-order valence-corrected chi connectivity index (χ2v) is 4.65. The number of aromatic nitrogens is 2. The first-order chi connectivity index (χ1) is 9.08. The van der Waals surface area contributed by atoms with E-state index in [0.717, 1.165) is 0 Å². The normalized spacial score (nSPS) is 10.3. The summed E-state index contributed by atoms with van der Waals surface area (Å²) in [5, 5.41) is 0. The Morgan fingerprint density at radius 3 is 2.58 bits per heavy atom. The molecule has 19 heavy (non-hydrogen) atoms. The lowest BCUT2D eigenvalue weighted by Gasteiger charge is -2.12. The number of nitrogens with zero attached hydrogens (tertiary/aromatic N) is 1. The summed E-state index contributed by atoms with van der Waals surface area (Å²) >= 11 is 3.19. The zero-order valence-corrected chi connectivity index (χ0v) is 12.4. The van der Waals surface area contributed by atoms with Gasteiger partial charge in [0.1, 0.15) is 10.3 Å². The van der Waals surface area contributed by atoms with Gasteiger partial charge in [0.25, 0.3) is 5.56 Å². The molecule has 0 atom stereocenters. The highest BCUT2D eigenvalue weighted by Crippen LogP contribution is 2.36. The van der Waals surface area contributed by atoms with Crippen LogP contribution in [-0.4, -0.2) is 24.2 Å². The number of methoxy groups -OCH3 is 2. The number of H-pyrrole nitrogens is 1. The minimum absolute atomic E-state index is 0.229. The summed E-state index contributed by atoms with van der Waals surface area (Å²) in [4.78, 5) is 18.8. The highest BCUT2D eigenvalue weighted by molar-refractivity contribution is 9.10. The summed E-state index contributed by atoms with van der Waals surface area (Å²) in [6, 6.07) is 5.41. The van der Waals surface area contributed by atoms with Gasteiger partial charge < -0.3 is 14.5 Å². The number of aryl methyl sites for hydroxylation is 1. The molecule has 0 aliphatic rings. The molecule has 100 valence electrons. The lowest BCUT2D eigenvalue weighted by atomic mass is 10.1. The van der Waals surface area contributed by atoms with Crippen LogP contribution in [0.1, 0.15) is 5.69 Å². The highest BCUT2D eigenvalue weighted by atomic mass is 79.9. The molecule has 0 aliphatic heterocycles. The van der Waals surface area contributed by atoms with Crippen molar-refractivity contribution >= 4 is 15.9 Å². The van der Waals surface area contributed by atoms with Gasteiger partial charge in [-0.1, -0.05) is 6.07 Å². The number of halogens is 1. The van der Waals surface area contributed by atoms with E-state index < -0.39 is 0 Å². The third-order valence-electron chi connectivity index (χ3n) is 2.69. The average molecular weight is 325 g/mol. The van der Waals surface area contributed by atoms with E-state index in [2.05, 4.69) is 25.9 Å². The molecular weight excluding hydrogens is 312 g/mol. The minimum atomic E-state index is -0.229. The largest absolute Gasteiger partial charge is 0.493 e. The number of ether oxygens (including phenoxy) is 2. The SMILES string of the molecule is COc1cccc(-c2nc(C)c(Br)c(=O)[nH]2)c1OC. The number of hydrogen-bond acceptors (Lipinski definition) is 4. The minimum Gasteiger partial charge on any atom is -0.493 e. The van der Waals surface area contributed by atoms with Gasteiger partial charge in [-0.15, -0.1) is 0 Å². The van der Waals surface area contributed by atoms with Crippen LogP contribution in [0.4, 0.5) is 0 Å². The second kappa shape index (κ2) is 5.44. The van der Waals surface area contributed by atoms with Crippen molar-refractivity contribution in [1.29, 1.82) is 0 Å². The maximum atomic E-state index is 11.8. The topological polar surface area (TPSA) is 64.2 Å². The monoisotopic (exact) mass is 324 g/mol. The Hall–Kier alpha value is -1.82. The Morgan fingerprint density at radius 2 is 2.00 bits per heavy atom. The Labute approximate surface area is 118 Å². The summed E-state index contributed by atoms with van der Waals surface area (Å²) in [7, 11) is 3.11. The molecule has 0 amide bonds. The Morgan fingerprint density at radius 1 is 1.26 bits per heavy atom. The van der Waals surface area contributed by atoms with Gasteiger partial charge in [0.05, 0.1) is 25.5 Å². The van der Waals surface area contributed by atoms with Crippen molar-refractivity contribution in [1.82, 2.24) is 9.97 Å². The predicted octanol–water partition coefficient (Wildman–Crippen LogP) is 2.53. The third-order valence-corrected chi connectivity index (χ3v) is 3.62. The molecule has 6 heteroatoms. The molecule has 5 nitrogen and oxygen atoms in total. The van der Waals surface area contributed by atoms with Crippen LogP contribution in [-0.2, 0) is 0 Å². The highest BCUT2D eigenvalue weighted by Gasteiger charge is 2.14. The summed E-state index contributed by atoms with van der Waals surface area (Å²) in [5.74, 6) is 1.57. The molecule has 0 bridgehead atoms. The molecule has 0 saturated heterocycles. The molecule has 0 radical (unpaired) electrons. The van der Waals surface area contributed by atoms with E-state index in [1.807, 2.05) is 12.1 Å². The Kier molecular flexibility index (Phi) is 3.90. The molecule has 0 unspecified atom stereocenters. The van der Waals surface area contributed by atoms with Crippen molar-refractivity contribution < 1.29 is 9.47 Å². The first-order valence-electron chi connectivity index (χ1n) is 5.56. The number of benzene rings is 1. The van der Waals surface area contributed by atoms with Crippen LogP contribution in [0.25, 0.3) is 11.4 Å². The molecule has 1 aromatic carbocycles. The van der Waals surface area contributed by atoms with E-state index >= 15 is 0 Å². The van der Waals surface area contributed by atoms with E-state index in [0.29, 0.717) is 33.1 Å². The summed E-state index contributed by atoms with van der Waals surface area (Å²) in [6.45, 7) is 1.76. The lowest BCUT2D eigenvalue weighted by molar-refractivity contribution is 0.356. The predicted molar refractivity (Wildman–Crippen MR) is 75.8 cm³/mol. The summed E-state index contributed by atoms with van der Waals surface area (Å²) in [6.07, 6.45) is 0. The van der Waals surface area contributed by atoms with Crippen LogP contribution in [0.15, 0.2) is 27.5 Å². The maximum absolute atomic E-state index is 11.8. The Balaban J connectivity index is 2.69. The number of hydrogen-bond donors (Lipinski definition) is 1. The number of para-hydroxylation sites is 1. The van der Waals surface area contributed by atoms with Gasteiger partial charge in [-0.25, -0.2) is 4.98 Å². The lowest BCUT2D eigenvalue weighted by Crippen LogP contribution is -2.12. The molecule has 0 fully saturated rings. The van der Waals surface area contributed by atoms with Crippen molar-refractivity contribution in [3.63, 3.8) is 0 Å². The average Bonchev–Trinajstić information content (AvgIpc) is 2.43. The van der Waals surface area contributed by atoms with Crippen LogP contribution < -0.4 is 15.0 Å². The zero-order valence-electron chi connectivity index (χ0n) is 10.8. The van der Waals surface area contributed by atoms with E-state index in [-0.39, 0.29) is 5.56 Å². The van der Waals surface area contributed by atoms with Crippen LogP contribution in [0.5, 0.6) is 11.5 Å². The third kappa shape index (κ3) is 2.49. The summed E-state index contributed by atoms with van der Waals surface area (Å²) in [5.41, 5.74) is 1.06. The fraction of sp³-hybridized carbons (Fsp3) is 0.231. The zero-order chi connectivity index (χ0) is 14.0. The van der Waals surface area contributed by atoms with Crippen molar-refractivity contribution in [2.75, 3.05) is 14.2 Å². The molecule has 2 rings (SSSR count). The second-order valence-electron chi connectivity index (χ2n) is 3.86. The molecule has 1 aromatic heterocycles. The smallest absolute Gasteiger partial charge is 0.265 e. The molecule has 0 saturated carbocycles. The fourth-order valence-electron chi connectivity index (χ4n) is 1.77. The van der Waals surface area contributed by atoms with Crippen molar-refractivity contribution in [3.05, 3.63) is 38.7 Å². The van der Waals surface area contributed by atoms with Gasteiger partial charge in [-0.05, 0) is 35.0 Å².